The van der Waals surface area contributed by atoms with Crippen LogP contribution in [0.3, 0.4) is 0 Å². The fraction of sp³-hybridized carbons (Fsp3) is 0.158. The second kappa shape index (κ2) is 9.60. The summed E-state index contributed by atoms with van der Waals surface area (Å²) < 4.78 is 67.1. The second-order valence-corrected chi connectivity index (χ2v) is 8.10. The number of hydrogen-bond donors (Lipinski definition) is 2. The van der Waals surface area contributed by atoms with Gasteiger partial charge in [-0.3, -0.25) is 4.79 Å². The number of carbonyl (C=O) groups is 1. The molecule has 3 aromatic rings. The van der Waals surface area contributed by atoms with E-state index in [9.17, 15) is 26.4 Å². The predicted molar refractivity (Wildman–Crippen MR) is 107 cm³/mol. The maximum absolute atomic E-state index is 12.3. The number of rotatable bonds is 8. The van der Waals surface area contributed by atoms with E-state index < -0.39 is 27.9 Å². The third kappa shape index (κ3) is 6.91. The molecule has 1 amide bonds. The molecule has 1 aromatic heterocycles. The van der Waals surface area contributed by atoms with Gasteiger partial charge in [-0.2, -0.15) is 23.1 Å². The molecule has 0 atom stereocenters. The van der Waals surface area contributed by atoms with Crippen molar-refractivity contribution in [2.75, 3.05) is 5.32 Å². The van der Waals surface area contributed by atoms with Crippen LogP contribution in [0.2, 0.25) is 0 Å². The summed E-state index contributed by atoms with van der Waals surface area (Å²) in [6.45, 7) is 0.237. The molecule has 0 aliphatic heterocycles. The summed E-state index contributed by atoms with van der Waals surface area (Å²) in [4.78, 5) is 22.9. The van der Waals surface area contributed by atoms with Gasteiger partial charge in [0, 0.05) is 5.69 Å². The first-order valence-electron chi connectivity index (χ1n) is 8.94. The number of carbonyl (C=O) groups excluding carboxylic acids is 1. The Hall–Kier alpha value is -3.74. The van der Waals surface area contributed by atoms with Crippen LogP contribution >= 0.6 is 0 Å². The minimum absolute atomic E-state index is 0.0555. The zero-order chi connectivity index (χ0) is 23.2. The van der Waals surface area contributed by atoms with Crippen molar-refractivity contribution in [1.82, 2.24) is 19.7 Å². The number of aromatic nitrogens is 3. The molecule has 168 valence electrons. The van der Waals surface area contributed by atoms with Crippen LogP contribution in [0.4, 0.5) is 24.8 Å². The van der Waals surface area contributed by atoms with Crippen molar-refractivity contribution in [2.45, 2.75) is 18.5 Å². The van der Waals surface area contributed by atoms with Gasteiger partial charge in [0.2, 0.25) is 16.0 Å². The number of sulfonamides is 1. The number of ether oxygens (including phenoxy) is 1. The van der Waals surface area contributed by atoms with Gasteiger partial charge in [0.1, 0.15) is 12.9 Å². The molecule has 0 fully saturated rings. The molecular weight excluding hydrogens is 451 g/mol. The number of nitrogens with one attached hydrogen (secondary N) is 2. The van der Waals surface area contributed by atoms with Gasteiger partial charge in [-0.25, -0.2) is 18.1 Å². The fourth-order valence-corrected chi connectivity index (χ4v) is 3.54. The molecule has 1 heterocycles. The minimum atomic E-state index is -5.31. The molecule has 13 heteroatoms. The van der Waals surface area contributed by atoms with Crippen LogP contribution in [0.5, 0.6) is 6.01 Å². The van der Waals surface area contributed by atoms with Crippen LogP contribution in [-0.4, -0.2) is 35.5 Å². The standard InChI is InChI=1S/C19H16F3N5O4S/c20-19(21,22)16(28)27-32(29,30)11-14-7-4-8-15(9-14)25-17-23-12-24-18(26-17)31-10-13-5-2-1-3-6-13/h1-9,12H,10-11H2,(H,27,28)(H,23,24,25,26). The largest absolute Gasteiger partial charge is 0.472 e. The van der Waals surface area contributed by atoms with E-state index in [0.29, 0.717) is 5.69 Å². The highest BCUT2D eigenvalue weighted by Crippen LogP contribution is 2.19. The van der Waals surface area contributed by atoms with E-state index in [-0.39, 0.29) is 24.1 Å². The van der Waals surface area contributed by atoms with Crippen molar-refractivity contribution in [3.63, 3.8) is 0 Å². The molecule has 0 saturated heterocycles. The van der Waals surface area contributed by atoms with E-state index in [1.54, 1.807) is 6.07 Å². The first-order valence-corrected chi connectivity index (χ1v) is 10.6. The first-order chi connectivity index (χ1) is 15.1. The van der Waals surface area contributed by atoms with Crippen molar-refractivity contribution in [3.05, 3.63) is 72.1 Å². The Morgan fingerprint density at radius 1 is 1.00 bits per heavy atom. The molecule has 9 nitrogen and oxygen atoms in total. The molecule has 3 rings (SSSR count). The van der Waals surface area contributed by atoms with Crippen molar-refractivity contribution in [1.29, 1.82) is 0 Å². The Bertz CT molecular complexity index is 1190. The molecule has 0 aliphatic rings. The molecular formula is C19H16F3N5O4S. The third-order valence-corrected chi connectivity index (χ3v) is 5.02. The molecule has 0 radical (unpaired) electrons. The van der Waals surface area contributed by atoms with E-state index in [1.165, 1.54) is 24.5 Å². The molecule has 32 heavy (non-hydrogen) atoms. The maximum atomic E-state index is 12.3. The van der Waals surface area contributed by atoms with Gasteiger partial charge in [-0.1, -0.05) is 42.5 Å². The average molecular weight is 467 g/mol. The quantitative estimate of drug-likeness (QED) is 0.518. The van der Waals surface area contributed by atoms with Crippen LogP contribution in [0, 0.1) is 0 Å². The molecule has 0 aliphatic carbocycles. The molecule has 0 unspecified atom stereocenters. The topological polar surface area (TPSA) is 123 Å². The van der Waals surface area contributed by atoms with Crippen molar-refractivity contribution >= 4 is 27.6 Å². The summed E-state index contributed by atoms with van der Waals surface area (Å²) >= 11 is 0. The summed E-state index contributed by atoms with van der Waals surface area (Å²) in [5.74, 6) is -3.29. The Morgan fingerprint density at radius 3 is 2.44 bits per heavy atom. The normalized spacial score (nSPS) is 11.6. The monoisotopic (exact) mass is 467 g/mol. The van der Waals surface area contributed by atoms with Crippen molar-refractivity contribution in [2.24, 2.45) is 0 Å². The van der Waals surface area contributed by atoms with Gasteiger partial charge in [-0.15, -0.1) is 0 Å². The lowest BCUT2D eigenvalue weighted by Crippen LogP contribution is -2.41. The number of nitrogens with zero attached hydrogens (tertiary/aromatic N) is 3. The first kappa shape index (κ1) is 22.9. The van der Waals surface area contributed by atoms with Gasteiger partial charge in [0.05, 0.1) is 5.75 Å². The minimum Gasteiger partial charge on any atom is -0.458 e. The predicted octanol–water partition coefficient (Wildman–Crippen LogP) is 2.70. The smallest absolute Gasteiger partial charge is 0.458 e. The highest BCUT2D eigenvalue weighted by molar-refractivity contribution is 7.89. The highest BCUT2D eigenvalue weighted by atomic mass is 32.2. The summed E-state index contributed by atoms with van der Waals surface area (Å²) in [7, 11) is -4.56. The fourth-order valence-electron chi connectivity index (χ4n) is 2.46. The molecule has 0 spiro atoms. The Balaban J connectivity index is 1.65. The SMILES string of the molecule is O=C(NS(=O)(=O)Cc1cccc(Nc2ncnc(OCc3ccccc3)n2)c1)C(F)(F)F. The van der Waals surface area contributed by atoms with E-state index in [1.807, 2.05) is 30.3 Å². The van der Waals surface area contributed by atoms with Gasteiger partial charge in [0.25, 0.3) is 0 Å². The zero-order valence-electron chi connectivity index (χ0n) is 16.2. The van der Waals surface area contributed by atoms with Gasteiger partial charge >= 0.3 is 18.1 Å². The summed E-state index contributed by atoms with van der Waals surface area (Å²) in [5.41, 5.74) is 1.40. The van der Waals surface area contributed by atoms with E-state index >= 15 is 0 Å². The Kier molecular flexibility index (Phi) is 6.88. The number of anilines is 2. The molecule has 0 bridgehead atoms. The Labute approximate surface area is 180 Å². The van der Waals surface area contributed by atoms with Crippen molar-refractivity contribution < 1.29 is 31.1 Å². The van der Waals surface area contributed by atoms with Crippen molar-refractivity contribution in [3.8, 4) is 6.01 Å². The van der Waals surface area contributed by atoms with Crippen LogP contribution < -0.4 is 14.8 Å². The van der Waals surface area contributed by atoms with Gasteiger partial charge in [-0.05, 0) is 23.3 Å². The average Bonchev–Trinajstić information content (AvgIpc) is 2.72. The van der Waals surface area contributed by atoms with E-state index in [4.69, 9.17) is 4.74 Å². The van der Waals surface area contributed by atoms with Crippen LogP contribution in [-0.2, 0) is 27.2 Å². The third-order valence-electron chi connectivity index (χ3n) is 3.81. The number of halogens is 3. The Morgan fingerprint density at radius 2 is 1.72 bits per heavy atom. The second-order valence-electron chi connectivity index (χ2n) is 6.38. The van der Waals surface area contributed by atoms with Crippen LogP contribution in [0.15, 0.2) is 60.9 Å². The lowest BCUT2D eigenvalue weighted by atomic mass is 10.2. The van der Waals surface area contributed by atoms with E-state index in [2.05, 4.69) is 20.3 Å². The highest BCUT2D eigenvalue weighted by Gasteiger charge is 2.41. The lowest BCUT2D eigenvalue weighted by Gasteiger charge is -2.10. The molecule has 2 aromatic carbocycles. The van der Waals surface area contributed by atoms with Gasteiger partial charge < -0.3 is 10.1 Å². The molecule has 2 N–H and O–H groups in total. The zero-order valence-corrected chi connectivity index (χ0v) is 17.0. The summed E-state index contributed by atoms with van der Waals surface area (Å²) in [5, 5.41) is 2.83. The number of alkyl halides is 3. The van der Waals surface area contributed by atoms with E-state index in [0.717, 1.165) is 10.3 Å². The lowest BCUT2D eigenvalue weighted by molar-refractivity contribution is -0.171. The number of hydrogen-bond acceptors (Lipinski definition) is 8. The number of amides is 1. The van der Waals surface area contributed by atoms with Gasteiger partial charge in [0.15, 0.2) is 0 Å². The van der Waals surface area contributed by atoms with Crippen LogP contribution in [0.25, 0.3) is 0 Å². The number of benzene rings is 2. The summed E-state index contributed by atoms with van der Waals surface area (Å²) in [6.07, 6.45) is -4.09. The van der Waals surface area contributed by atoms with Crippen LogP contribution in [0.1, 0.15) is 11.1 Å². The maximum Gasteiger partial charge on any atom is 0.472 e. The molecule has 0 saturated carbocycles. The summed E-state index contributed by atoms with van der Waals surface area (Å²) in [6, 6.07) is 15.2.